The summed E-state index contributed by atoms with van der Waals surface area (Å²) >= 11 is 0. The lowest BCUT2D eigenvalue weighted by molar-refractivity contribution is -0.143. The summed E-state index contributed by atoms with van der Waals surface area (Å²) in [4.78, 5) is 37.7. The molecule has 4 rings (SSSR count). The van der Waals surface area contributed by atoms with E-state index in [-0.39, 0.29) is 17.7 Å². The van der Waals surface area contributed by atoms with Crippen molar-refractivity contribution < 1.29 is 19.5 Å². The van der Waals surface area contributed by atoms with Gasteiger partial charge >= 0.3 is 5.97 Å². The average Bonchev–Trinajstić information content (AvgIpc) is 3.31. The molecule has 1 aromatic rings. The van der Waals surface area contributed by atoms with Gasteiger partial charge in [0.15, 0.2) is 0 Å². The molecule has 1 heterocycles. The molecular formula is C22H28N2O4. The van der Waals surface area contributed by atoms with Gasteiger partial charge in [0.25, 0.3) is 5.91 Å². The first-order valence-corrected chi connectivity index (χ1v) is 10.4. The largest absolute Gasteiger partial charge is 0.481 e. The summed E-state index contributed by atoms with van der Waals surface area (Å²) in [5, 5.41) is 12.0. The average molecular weight is 384 g/mol. The number of nitrogens with one attached hydrogen (secondary N) is 1. The van der Waals surface area contributed by atoms with Gasteiger partial charge in [-0.2, -0.15) is 0 Å². The van der Waals surface area contributed by atoms with Crippen molar-refractivity contribution in [2.24, 2.45) is 23.7 Å². The van der Waals surface area contributed by atoms with E-state index in [1.54, 1.807) is 29.2 Å². The van der Waals surface area contributed by atoms with E-state index in [0.717, 1.165) is 11.8 Å². The number of carbonyl (C=O) groups is 3. The highest BCUT2D eigenvalue weighted by atomic mass is 16.4. The van der Waals surface area contributed by atoms with Gasteiger partial charge in [0.1, 0.15) is 0 Å². The third-order valence-electron chi connectivity index (χ3n) is 6.88. The molecule has 0 spiro atoms. The smallest absolute Gasteiger partial charge is 0.306 e. The highest BCUT2D eigenvalue weighted by molar-refractivity contribution is 5.96. The third kappa shape index (κ3) is 4.05. The number of hydrogen-bond donors (Lipinski definition) is 2. The third-order valence-corrected chi connectivity index (χ3v) is 6.88. The van der Waals surface area contributed by atoms with E-state index >= 15 is 0 Å². The Labute approximate surface area is 165 Å². The fraction of sp³-hybridized carbons (Fsp3) is 0.591. The summed E-state index contributed by atoms with van der Waals surface area (Å²) in [7, 11) is 0. The van der Waals surface area contributed by atoms with E-state index in [4.69, 9.17) is 5.11 Å². The number of hydrogen-bond acceptors (Lipinski definition) is 3. The number of carboxylic acids is 1. The lowest BCUT2D eigenvalue weighted by Gasteiger charge is -2.30. The van der Waals surface area contributed by atoms with E-state index in [1.165, 1.54) is 25.7 Å². The second kappa shape index (κ2) is 7.94. The molecule has 150 valence electrons. The Morgan fingerprint density at radius 1 is 1.00 bits per heavy atom. The molecule has 1 saturated heterocycles. The van der Waals surface area contributed by atoms with Crippen LogP contribution in [-0.4, -0.2) is 40.9 Å². The lowest BCUT2D eigenvalue weighted by Crippen LogP contribution is -2.40. The highest BCUT2D eigenvalue weighted by Gasteiger charge is 2.40. The summed E-state index contributed by atoms with van der Waals surface area (Å²) in [5.74, 6) is 0.966. The minimum atomic E-state index is -0.780. The van der Waals surface area contributed by atoms with Crippen LogP contribution < -0.4 is 5.32 Å². The number of carboxylic acid groups (broad SMARTS) is 1. The molecular weight excluding hydrogens is 356 g/mol. The van der Waals surface area contributed by atoms with Crippen LogP contribution in [0.3, 0.4) is 0 Å². The van der Waals surface area contributed by atoms with E-state index in [1.807, 2.05) is 0 Å². The molecule has 0 radical (unpaired) electrons. The van der Waals surface area contributed by atoms with Crippen LogP contribution >= 0.6 is 0 Å². The van der Waals surface area contributed by atoms with Crippen LogP contribution in [-0.2, 0) is 9.59 Å². The standard InChI is InChI=1S/C22H28N2O4/c25-20(13-18-12-14-1-2-17(18)11-14)23-19-5-3-15(4-6-19)21(26)24-9-7-16(8-10-24)22(27)28/h3-6,14,16-18H,1-2,7-13H2,(H,23,25)(H,27,28). The van der Waals surface area contributed by atoms with Crippen LogP contribution in [0.25, 0.3) is 0 Å². The van der Waals surface area contributed by atoms with Crippen LogP contribution in [0.2, 0.25) is 0 Å². The quantitative estimate of drug-likeness (QED) is 0.815. The summed E-state index contributed by atoms with van der Waals surface area (Å²) in [6.45, 7) is 0.940. The van der Waals surface area contributed by atoms with Crippen LogP contribution in [0, 0.1) is 23.7 Å². The molecule has 6 heteroatoms. The number of fused-ring (bicyclic) bond motifs is 2. The first-order valence-electron chi connectivity index (χ1n) is 10.4. The Kier molecular flexibility index (Phi) is 5.38. The lowest BCUT2D eigenvalue weighted by atomic mass is 9.86. The summed E-state index contributed by atoms with van der Waals surface area (Å²) in [6, 6.07) is 7.02. The Morgan fingerprint density at radius 2 is 1.71 bits per heavy atom. The van der Waals surface area contributed by atoms with Gasteiger partial charge in [-0.25, -0.2) is 0 Å². The van der Waals surface area contributed by atoms with Crippen molar-refractivity contribution >= 4 is 23.5 Å². The Morgan fingerprint density at radius 3 is 2.29 bits per heavy atom. The van der Waals surface area contributed by atoms with Gasteiger partial charge in [-0.3, -0.25) is 14.4 Å². The molecule has 3 atom stereocenters. The van der Waals surface area contributed by atoms with Gasteiger partial charge in [0.05, 0.1) is 5.92 Å². The van der Waals surface area contributed by atoms with Crippen LogP contribution in [0.4, 0.5) is 5.69 Å². The number of rotatable bonds is 5. The molecule has 3 aliphatic rings. The minimum absolute atomic E-state index is 0.0624. The number of anilines is 1. The first-order chi connectivity index (χ1) is 13.5. The molecule has 1 aromatic carbocycles. The maximum Gasteiger partial charge on any atom is 0.306 e. The fourth-order valence-corrected chi connectivity index (χ4v) is 5.28. The Bertz CT molecular complexity index is 752. The first kappa shape index (κ1) is 19.0. The minimum Gasteiger partial charge on any atom is -0.481 e. The van der Waals surface area contributed by atoms with Gasteiger partial charge in [0, 0.05) is 30.8 Å². The maximum absolute atomic E-state index is 12.6. The molecule has 2 bridgehead atoms. The zero-order chi connectivity index (χ0) is 19.7. The number of nitrogens with zero attached hydrogens (tertiary/aromatic N) is 1. The van der Waals surface area contributed by atoms with Crippen molar-refractivity contribution in [3.05, 3.63) is 29.8 Å². The normalized spacial score (nSPS) is 27.0. The molecule has 2 amide bonds. The monoisotopic (exact) mass is 384 g/mol. The zero-order valence-electron chi connectivity index (χ0n) is 16.1. The fourth-order valence-electron chi connectivity index (χ4n) is 5.28. The van der Waals surface area contributed by atoms with Gasteiger partial charge in [-0.15, -0.1) is 0 Å². The van der Waals surface area contributed by atoms with Crippen molar-refractivity contribution in [1.29, 1.82) is 0 Å². The topological polar surface area (TPSA) is 86.7 Å². The number of benzene rings is 1. The molecule has 2 aliphatic carbocycles. The van der Waals surface area contributed by atoms with E-state index in [2.05, 4.69) is 5.32 Å². The van der Waals surface area contributed by atoms with Crippen LogP contribution in [0.1, 0.15) is 55.3 Å². The van der Waals surface area contributed by atoms with Gasteiger partial charge < -0.3 is 15.3 Å². The van der Waals surface area contributed by atoms with Crippen molar-refractivity contribution in [3.63, 3.8) is 0 Å². The van der Waals surface area contributed by atoms with Crippen LogP contribution in [0.15, 0.2) is 24.3 Å². The van der Waals surface area contributed by atoms with Crippen LogP contribution in [0.5, 0.6) is 0 Å². The molecule has 3 unspecified atom stereocenters. The predicted octanol–water partition coefficient (Wildman–Crippen LogP) is 3.39. The van der Waals surface area contributed by atoms with Gasteiger partial charge in [-0.05, 0) is 74.1 Å². The summed E-state index contributed by atoms with van der Waals surface area (Å²) in [5.41, 5.74) is 1.29. The van der Waals surface area contributed by atoms with Crippen molar-refractivity contribution in [2.45, 2.75) is 44.9 Å². The van der Waals surface area contributed by atoms with Crippen molar-refractivity contribution in [2.75, 3.05) is 18.4 Å². The van der Waals surface area contributed by atoms with E-state index in [0.29, 0.717) is 49.5 Å². The second-order valence-corrected chi connectivity index (χ2v) is 8.67. The molecule has 0 aromatic heterocycles. The number of amides is 2. The molecule has 6 nitrogen and oxygen atoms in total. The number of piperidine rings is 1. The molecule has 28 heavy (non-hydrogen) atoms. The van der Waals surface area contributed by atoms with Crippen molar-refractivity contribution in [1.82, 2.24) is 4.90 Å². The number of likely N-dealkylation sites (tertiary alicyclic amines) is 1. The summed E-state index contributed by atoms with van der Waals surface area (Å²) < 4.78 is 0. The van der Waals surface area contributed by atoms with E-state index < -0.39 is 5.97 Å². The number of carbonyl (C=O) groups excluding carboxylic acids is 2. The SMILES string of the molecule is O=C(CC1CC2CCC1C2)Nc1ccc(C(=O)N2CCC(C(=O)O)CC2)cc1. The van der Waals surface area contributed by atoms with Gasteiger partial charge in [-0.1, -0.05) is 6.42 Å². The molecule has 1 aliphatic heterocycles. The molecule has 3 fully saturated rings. The maximum atomic E-state index is 12.6. The number of aliphatic carboxylic acids is 1. The molecule has 2 N–H and O–H groups in total. The molecule has 2 saturated carbocycles. The Balaban J connectivity index is 1.28. The van der Waals surface area contributed by atoms with E-state index in [9.17, 15) is 14.4 Å². The van der Waals surface area contributed by atoms with Gasteiger partial charge in [0.2, 0.25) is 5.91 Å². The second-order valence-electron chi connectivity index (χ2n) is 8.67. The Hall–Kier alpha value is -2.37. The zero-order valence-corrected chi connectivity index (χ0v) is 16.1. The van der Waals surface area contributed by atoms with Crippen molar-refractivity contribution in [3.8, 4) is 0 Å². The predicted molar refractivity (Wildman–Crippen MR) is 105 cm³/mol. The summed E-state index contributed by atoms with van der Waals surface area (Å²) in [6.07, 6.45) is 6.72. The highest BCUT2D eigenvalue weighted by Crippen LogP contribution is 2.49.